The van der Waals surface area contributed by atoms with Gasteiger partial charge in [0.05, 0.1) is 5.69 Å². The largest absolute Gasteiger partial charge is 0.382 e. The molecule has 118 valence electrons. The zero-order valence-corrected chi connectivity index (χ0v) is 13.8. The molecule has 1 fully saturated rings. The van der Waals surface area contributed by atoms with Crippen LogP contribution in [0.25, 0.3) is 0 Å². The molecule has 1 aliphatic carbocycles. The van der Waals surface area contributed by atoms with E-state index in [0.717, 1.165) is 11.6 Å². The van der Waals surface area contributed by atoms with Crippen LogP contribution in [0, 0.1) is 11.7 Å². The third kappa shape index (κ3) is 4.12. The Bertz CT molecular complexity index is 453. The van der Waals surface area contributed by atoms with Gasteiger partial charge in [0.25, 0.3) is 0 Å². The predicted octanol–water partition coefficient (Wildman–Crippen LogP) is 5.05. The topological polar surface area (TPSA) is 15.3 Å². The van der Waals surface area contributed by atoms with Crippen molar-refractivity contribution >= 4 is 11.4 Å². The molecule has 1 unspecified atom stereocenters. The lowest BCUT2D eigenvalue weighted by molar-refractivity contribution is 0.328. The Morgan fingerprint density at radius 3 is 2.38 bits per heavy atom. The molecule has 0 aromatic heterocycles. The van der Waals surface area contributed by atoms with Crippen LogP contribution in [0.15, 0.2) is 18.2 Å². The van der Waals surface area contributed by atoms with Crippen molar-refractivity contribution in [3.05, 3.63) is 24.0 Å². The molecule has 0 radical (unpaired) electrons. The summed E-state index contributed by atoms with van der Waals surface area (Å²) in [6.07, 6.45) is 6.63. The summed E-state index contributed by atoms with van der Waals surface area (Å²) in [6, 6.07) is 6.22. The first-order valence-electron chi connectivity index (χ1n) is 8.28. The van der Waals surface area contributed by atoms with Crippen LogP contribution in [0.4, 0.5) is 15.8 Å². The summed E-state index contributed by atoms with van der Waals surface area (Å²) in [4.78, 5) is 1.96. The fourth-order valence-electron chi connectivity index (χ4n) is 3.18. The van der Waals surface area contributed by atoms with E-state index in [4.69, 9.17) is 0 Å². The van der Waals surface area contributed by atoms with Crippen LogP contribution >= 0.6 is 0 Å². The van der Waals surface area contributed by atoms with Gasteiger partial charge in [0.15, 0.2) is 0 Å². The van der Waals surface area contributed by atoms with E-state index >= 15 is 0 Å². The summed E-state index contributed by atoms with van der Waals surface area (Å²) >= 11 is 0. The van der Waals surface area contributed by atoms with E-state index in [1.807, 2.05) is 24.1 Å². The molecule has 21 heavy (non-hydrogen) atoms. The number of benzene rings is 1. The molecule has 1 atom stereocenters. The summed E-state index contributed by atoms with van der Waals surface area (Å²) < 4.78 is 14.3. The normalized spacial score (nSPS) is 17.8. The first-order valence-corrected chi connectivity index (χ1v) is 8.28. The van der Waals surface area contributed by atoms with Crippen molar-refractivity contribution in [3.63, 3.8) is 0 Å². The summed E-state index contributed by atoms with van der Waals surface area (Å²) in [5, 5.41) is 3.49. The Morgan fingerprint density at radius 2 is 1.81 bits per heavy atom. The van der Waals surface area contributed by atoms with Crippen molar-refractivity contribution < 1.29 is 4.39 Å². The second-order valence-corrected chi connectivity index (χ2v) is 6.70. The first-order chi connectivity index (χ1) is 9.99. The van der Waals surface area contributed by atoms with Gasteiger partial charge in [-0.2, -0.15) is 0 Å². The highest BCUT2D eigenvalue weighted by molar-refractivity contribution is 5.56. The van der Waals surface area contributed by atoms with Gasteiger partial charge in [0.1, 0.15) is 5.82 Å². The van der Waals surface area contributed by atoms with E-state index in [-0.39, 0.29) is 5.82 Å². The van der Waals surface area contributed by atoms with Crippen molar-refractivity contribution in [1.82, 2.24) is 0 Å². The fraction of sp³-hybridized carbons (Fsp3) is 0.667. The van der Waals surface area contributed by atoms with Gasteiger partial charge in [-0.25, -0.2) is 4.39 Å². The highest BCUT2D eigenvalue weighted by atomic mass is 19.1. The van der Waals surface area contributed by atoms with Gasteiger partial charge in [0.2, 0.25) is 0 Å². The lowest BCUT2D eigenvalue weighted by atomic mass is 9.84. The number of anilines is 2. The van der Waals surface area contributed by atoms with Crippen LogP contribution in [-0.2, 0) is 0 Å². The zero-order valence-electron chi connectivity index (χ0n) is 13.8. The van der Waals surface area contributed by atoms with Crippen LogP contribution in [-0.4, -0.2) is 19.1 Å². The quantitative estimate of drug-likeness (QED) is 0.817. The summed E-state index contributed by atoms with van der Waals surface area (Å²) in [7, 11) is 1.93. The number of nitrogens with zero attached hydrogens (tertiary/aromatic N) is 1. The summed E-state index contributed by atoms with van der Waals surface area (Å²) in [5.74, 6) is 0.576. The molecule has 0 heterocycles. The molecule has 0 bridgehead atoms. The minimum Gasteiger partial charge on any atom is -0.382 e. The Labute approximate surface area is 128 Å². The third-order valence-corrected chi connectivity index (χ3v) is 4.85. The van der Waals surface area contributed by atoms with Gasteiger partial charge in [-0.1, -0.05) is 19.3 Å². The lowest BCUT2D eigenvalue weighted by Gasteiger charge is -2.29. The molecular weight excluding hydrogens is 263 g/mol. The van der Waals surface area contributed by atoms with Crippen LogP contribution in [0.2, 0.25) is 0 Å². The average Bonchev–Trinajstić information content (AvgIpc) is 2.47. The molecular formula is C18H29FN2. The Morgan fingerprint density at radius 1 is 1.14 bits per heavy atom. The van der Waals surface area contributed by atoms with E-state index in [0.29, 0.717) is 17.8 Å². The Hall–Kier alpha value is -1.25. The fourth-order valence-corrected chi connectivity index (χ4v) is 3.18. The SMILES string of the molecule is CC(Nc1ccc(N(C)C(C)C)c(F)c1)C1CCCCC1. The van der Waals surface area contributed by atoms with Crippen LogP contribution in [0.3, 0.4) is 0 Å². The van der Waals surface area contributed by atoms with E-state index in [1.165, 1.54) is 32.1 Å². The molecule has 0 spiro atoms. The van der Waals surface area contributed by atoms with Crippen molar-refractivity contribution in [2.75, 3.05) is 17.3 Å². The van der Waals surface area contributed by atoms with E-state index in [1.54, 1.807) is 6.07 Å². The van der Waals surface area contributed by atoms with Gasteiger partial charge in [-0.3, -0.25) is 0 Å². The monoisotopic (exact) mass is 292 g/mol. The van der Waals surface area contributed by atoms with Crippen LogP contribution in [0.5, 0.6) is 0 Å². The van der Waals surface area contributed by atoms with E-state index < -0.39 is 0 Å². The molecule has 1 N–H and O–H groups in total. The number of nitrogens with one attached hydrogen (secondary N) is 1. The van der Waals surface area contributed by atoms with Gasteiger partial charge in [-0.05, 0) is 57.7 Å². The number of halogens is 1. The van der Waals surface area contributed by atoms with Crippen molar-refractivity contribution in [2.45, 2.75) is 65.0 Å². The molecule has 2 nitrogen and oxygen atoms in total. The van der Waals surface area contributed by atoms with Gasteiger partial charge < -0.3 is 10.2 Å². The van der Waals surface area contributed by atoms with Crippen molar-refractivity contribution in [3.8, 4) is 0 Å². The lowest BCUT2D eigenvalue weighted by Crippen LogP contribution is -2.28. The van der Waals surface area contributed by atoms with E-state index in [9.17, 15) is 4.39 Å². The minimum atomic E-state index is -0.146. The first kappa shape index (κ1) is 16.1. The minimum absolute atomic E-state index is 0.146. The zero-order chi connectivity index (χ0) is 15.4. The molecule has 0 amide bonds. The average molecular weight is 292 g/mol. The molecule has 2 rings (SSSR count). The number of rotatable bonds is 5. The molecule has 0 saturated heterocycles. The standard InChI is InChI=1S/C18H29FN2/c1-13(2)21(4)18-11-10-16(12-17(18)19)20-14(3)15-8-6-5-7-9-15/h10-15,20H,5-9H2,1-4H3. The third-order valence-electron chi connectivity index (χ3n) is 4.85. The molecule has 1 aromatic rings. The molecule has 3 heteroatoms. The molecule has 1 aliphatic rings. The second-order valence-electron chi connectivity index (χ2n) is 6.70. The van der Waals surface area contributed by atoms with Gasteiger partial charge in [-0.15, -0.1) is 0 Å². The Kier molecular flexibility index (Phi) is 5.49. The van der Waals surface area contributed by atoms with Crippen LogP contribution in [0.1, 0.15) is 52.9 Å². The predicted molar refractivity (Wildman–Crippen MR) is 89.6 cm³/mol. The van der Waals surface area contributed by atoms with E-state index in [2.05, 4.69) is 26.1 Å². The molecule has 0 aliphatic heterocycles. The number of hydrogen-bond donors (Lipinski definition) is 1. The van der Waals surface area contributed by atoms with Crippen molar-refractivity contribution in [2.24, 2.45) is 5.92 Å². The highest BCUT2D eigenvalue weighted by Gasteiger charge is 2.20. The maximum atomic E-state index is 14.3. The summed E-state index contributed by atoms with van der Waals surface area (Å²) in [6.45, 7) is 6.36. The molecule has 1 saturated carbocycles. The maximum Gasteiger partial charge on any atom is 0.148 e. The van der Waals surface area contributed by atoms with Crippen molar-refractivity contribution in [1.29, 1.82) is 0 Å². The van der Waals surface area contributed by atoms with Gasteiger partial charge in [0, 0.05) is 24.8 Å². The second kappa shape index (κ2) is 7.15. The van der Waals surface area contributed by atoms with Gasteiger partial charge >= 0.3 is 0 Å². The molecule has 1 aromatic carbocycles. The summed E-state index contributed by atoms with van der Waals surface area (Å²) in [5.41, 5.74) is 1.56. The maximum absolute atomic E-state index is 14.3. The van der Waals surface area contributed by atoms with Crippen LogP contribution < -0.4 is 10.2 Å². The highest BCUT2D eigenvalue weighted by Crippen LogP contribution is 2.29. The smallest absolute Gasteiger partial charge is 0.148 e. The Balaban J connectivity index is 2.02. The number of hydrogen-bond acceptors (Lipinski definition) is 2.